The summed E-state index contributed by atoms with van der Waals surface area (Å²) in [6.45, 7) is 0. The van der Waals surface area contributed by atoms with Crippen LogP contribution >= 0.6 is 11.6 Å². The van der Waals surface area contributed by atoms with Crippen LogP contribution in [0.1, 0.15) is 25.7 Å². The Kier molecular flexibility index (Phi) is 2.90. The molecule has 3 rings (SSSR count). The minimum atomic E-state index is -0.436. The van der Waals surface area contributed by atoms with E-state index in [0.29, 0.717) is 6.04 Å². The number of rotatable bonds is 3. The van der Waals surface area contributed by atoms with Gasteiger partial charge in [-0.3, -0.25) is 10.1 Å². The average Bonchev–Trinajstić information content (AvgIpc) is 2.93. The first-order valence-corrected chi connectivity index (χ1v) is 6.72. The zero-order valence-corrected chi connectivity index (χ0v) is 10.7. The summed E-state index contributed by atoms with van der Waals surface area (Å²) in [6.07, 6.45) is 5.15. The smallest absolute Gasteiger partial charge is 0.289 e. The second-order valence-corrected chi connectivity index (χ2v) is 5.76. The van der Waals surface area contributed by atoms with Crippen LogP contribution in [-0.2, 0) is 0 Å². The van der Waals surface area contributed by atoms with Crippen LogP contribution in [0.15, 0.2) is 18.2 Å². The van der Waals surface area contributed by atoms with Crippen molar-refractivity contribution in [1.82, 2.24) is 0 Å². The highest BCUT2D eigenvalue weighted by atomic mass is 35.5. The van der Waals surface area contributed by atoms with E-state index in [4.69, 9.17) is 11.6 Å². The number of anilines is 1. The molecule has 1 aromatic rings. The van der Waals surface area contributed by atoms with Gasteiger partial charge < -0.3 is 5.32 Å². The van der Waals surface area contributed by atoms with Crippen LogP contribution in [0.2, 0.25) is 5.02 Å². The Morgan fingerprint density at radius 2 is 2.17 bits per heavy atom. The Balaban J connectivity index is 1.77. The summed E-state index contributed by atoms with van der Waals surface area (Å²) in [6, 6.07) is 5.43. The third-order valence-electron chi connectivity index (χ3n) is 4.23. The zero-order chi connectivity index (χ0) is 12.7. The molecule has 0 radical (unpaired) electrons. The molecular weight excluding hydrogens is 252 g/mol. The lowest BCUT2D eigenvalue weighted by atomic mass is 9.95. The van der Waals surface area contributed by atoms with Gasteiger partial charge in [-0.05, 0) is 43.2 Å². The molecule has 2 aliphatic carbocycles. The van der Waals surface area contributed by atoms with Crippen molar-refractivity contribution in [3.05, 3.63) is 33.3 Å². The van der Waals surface area contributed by atoms with E-state index in [2.05, 4.69) is 5.32 Å². The summed E-state index contributed by atoms with van der Waals surface area (Å²) < 4.78 is 0. The fourth-order valence-corrected chi connectivity index (χ4v) is 3.56. The van der Waals surface area contributed by atoms with Crippen LogP contribution in [0, 0.1) is 22.0 Å². The first-order chi connectivity index (χ1) is 8.63. The van der Waals surface area contributed by atoms with Crippen molar-refractivity contribution in [3.8, 4) is 0 Å². The maximum atomic E-state index is 10.8. The SMILES string of the molecule is O=[N+]([O-])c1cc(NC2CC3CCC2C3)ccc1Cl. The topological polar surface area (TPSA) is 55.2 Å². The first-order valence-electron chi connectivity index (χ1n) is 6.34. The lowest BCUT2D eigenvalue weighted by molar-refractivity contribution is -0.384. The van der Waals surface area contributed by atoms with Gasteiger partial charge in [-0.15, -0.1) is 0 Å². The van der Waals surface area contributed by atoms with Crippen molar-refractivity contribution in [2.24, 2.45) is 11.8 Å². The monoisotopic (exact) mass is 266 g/mol. The summed E-state index contributed by atoms with van der Waals surface area (Å²) in [4.78, 5) is 10.4. The van der Waals surface area contributed by atoms with Gasteiger partial charge in [0.05, 0.1) is 4.92 Å². The number of nitro groups is 1. The van der Waals surface area contributed by atoms with Gasteiger partial charge in [0.1, 0.15) is 5.02 Å². The highest BCUT2D eigenvalue weighted by Crippen LogP contribution is 2.45. The largest absolute Gasteiger partial charge is 0.382 e. The number of nitrogens with zero attached hydrogens (tertiary/aromatic N) is 1. The van der Waals surface area contributed by atoms with Gasteiger partial charge in [0.2, 0.25) is 0 Å². The summed E-state index contributed by atoms with van der Waals surface area (Å²) in [5.41, 5.74) is 0.786. The third-order valence-corrected chi connectivity index (χ3v) is 4.55. The number of nitro benzene ring substituents is 1. The molecule has 3 atom stereocenters. The number of hydrogen-bond donors (Lipinski definition) is 1. The number of fused-ring (bicyclic) bond motifs is 2. The predicted molar refractivity (Wildman–Crippen MR) is 71.0 cm³/mol. The van der Waals surface area contributed by atoms with Crippen molar-refractivity contribution in [2.45, 2.75) is 31.7 Å². The average molecular weight is 267 g/mol. The maximum absolute atomic E-state index is 10.8. The normalized spacial score (nSPS) is 29.5. The van der Waals surface area contributed by atoms with Gasteiger partial charge in [0, 0.05) is 17.8 Å². The molecule has 4 nitrogen and oxygen atoms in total. The minimum absolute atomic E-state index is 0.0233. The summed E-state index contributed by atoms with van der Waals surface area (Å²) in [5, 5.41) is 14.5. The highest BCUT2D eigenvalue weighted by Gasteiger charge is 2.39. The quantitative estimate of drug-likeness (QED) is 0.668. The molecule has 2 aliphatic rings. The number of halogens is 1. The summed E-state index contributed by atoms with van der Waals surface area (Å²) in [5.74, 6) is 1.60. The Hall–Kier alpha value is -1.29. The van der Waals surface area contributed by atoms with Gasteiger partial charge in [0.15, 0.2) is 0 Å². The first kappa shape index (κ1) is 11.8. The maximum Gasteiger partial charge on any atom is 0.289 e. The summed E-state index contributed by atoms with van der Waals surface area (Å²) in [7, 11) is 0. The van der Waals surface area contributed by atoms with Crippen molar-refractivity contribution in [3.63, 3.8) is 0 Å². The fourth-order valence-electron chi connectivity index (χ4n) is 3.38. The Bertz CT molecular complexity index is 492. The molecule has 2 fully saturated rings. The van der Waals surface area contributed by atoms with E-state index >= 15 is 0 Å². The van der Waals surface area contributed by atoms with Gasteiger partial charge in [-0.2, -0.15) is 0 Å². The van der Waals surface area contributed by atoms with Gasteiger partial charge >= 0.3 is 0 Å². The van der Waals surface area contributed by atoms with E-state index < -0.39 is 4.92 Å². The molecule has 2 saturated carbocycles. The lowest BCUT2D eigenvalue weighted by Gasteiger charge is -2.23. The molecule has 0 aromatic heterocycles. The number of nitrogens with one attached hydrogen (secondary N) is 1. The lowest BCUT2D eigenvalue weighted by Crippen LogP contribution is -2.25. The van der Waals surface area contributed by atoms with Gasteiger partial charge in [-0.25, -0.2) is 0 Å². The van der Waals surface area contributed by atoms with Crippen LogP contribution in [-0.4, -0.2) is 11.0 Å². The van der Waals surface area contributed by atoms with Crippen LogP contribution in [0.5, 0.6) is 0 Å². The van der Waals surface area contributed by atoms with Crippen molar-refractivity contribution in [1.29, 1.82) is 0 Å². The van der Waals surface area contributed by atoms with E-state index in [9.17, 15) is 10.1 Å². The standard InChI is InChI=1S/C13H15ClN2O2/c14-11-4-3-10(7-13(11)16(17)18)15-12-6-8-1-2-9(12)5-8/h3-4,7-9,12,15H,1-2,5-6H2. The van der Waals surface area contributed by atoms with Gasteiger partial charge in [-0.1, -0.05) is 18.0 Å². The number of hydrogen-bond acceptors (Lipinski definition) is 3. The fraction of sp³-hybridized carbons (Fsp3) is 0.538. The van der Waals surface area contributed by atoms with Crippen LogP contribution in [0.3, 0.4) is 0 Å². The minimum Gasteiger partial charge on any atom is -0.382 e. The van der Waals surface area contributed by atoms with Crippen LogP contribution in [0.4, 0.5) is 11.4 Å². The molecule has 0 amide bonds. The highest BCUT2D eigenvalue weighted by molar-refractivity contribution is 6.32. The molecular formula is C13H15ClN2O2. The van der Waals surface area contributed by atoms with E-state index in [1.54, 1.807) is 6.07 Å². The molecule has 0 heterocycles. The zero-order valence-electron chi connectivity index (χ0n) is 9.93. The molecule has 0 spiro atoms. The Morgan fingerprint density at radius 3 is 2.78 bits per heavy atom. The second kappa shape index (κ2) is 4.43. The van der Waals surface area contributed by atoms with E-state index in [-0.39, 0.29) is 10.7 Å². The predicted octanol–water partition coefficient (Wildman–Crippen LogP) is 3.85. The molecule has 0 aliphatic heterocycles. The molecule has 5 heteroatoms. The molecule has 2 bridgehead atoms. The van der Waals surface area contributed by atoms with Gasteiger partial charge in [0.25, 0.3) is 5.69 Å². The number of benzene rings is 1. The Labute approximate surface area is 110 Å². The molecule has 0 saturated heterocycles. The molecule has 1 N–H and O–H groups in total. The van der Waals surface area contributed by atoms with E-state index in [0.717, 1.165) is 17.5 Å². The molecule has 18 heavy (non-hydrogen) atoms. The van der Waals surface area contributed by atoms with E-state index in [1.165, 1.54) is 31.7 Å². The summed E-state index contributed by atoms with van der Waals surface area (Å²) >= 11 is 5.80. The van der Waals surface area contributed by atoms with Crippen LogP contribution in [0.25, 0.3) is 0 Å². The molecule has 96 valence electrons. The Morgan fingerprint density at radius 1 is 1.33 bits per heavy atom. The molecule has 1 aromatic carbocycles. The molecule has 3 unspecified atom stereocenters. The van der Waals surface area contributed by atoms with Crippen molar-refractivity contribution >= 4 is 23.0 Å². The van der Waals surface area contributed by atoms with Crippen molar-refractivity contribution in [2.75, 3.05) is 5.32 Å². The van der Waals surface area contributed by atoms with Crippen LogP contribution < -0.4 is 5.32 Å². The third kappa shape index (κ3) is 2.05. The van der Waals surface area contributed by atoms with Crippen molar-refractivity contribution < 1.29 is 4.92 Å². The van der Waals surface area contributed by atoms with E-state index in [1.807, 2.05) is 6.07 Å². The second-order valence-electron chi connectivity index (χ2n) is 5.35.